The molecule has 2 rings (SSSR count). The van der Waals surface area contributed by atoms with Crippen molar-refractivity contribution < 1.29 is 0 Å². The van der Waals surface area contributed by atoms with E-state index >= 15 is 0 Å². The molecule has 2 nitrogen and oxygen atoms in total. The Bertz CT molecular complexity index is 252. The van der Waals surface area contributed by atoms with E-state index in [2.05, 4.69) is 49.2 Å². The van der Waals surface area contributed by atoms with Gasteiger partial charge < -0.3 is 5.73 Å². The summed E-state index contributed by atoms with van der Waals surface area (Å²) in [7, 11) is 0. The molecule has 0 bridgehead atoms. The normalized spacial score (nSPS) is 44.8. The van der Waals surface area contributed by atoms with E-state index in [0.29, 0.717) is 5.25 Å². The van der Waals surface area contributed by atoms with E-state index in [9.17, 15) is 0 Å². The van der Waals surface area contributed by atoms with Crippen LogP contribution in [-0.2, 0) is 0 Å². The Hall–Kier alpha value is 0.620. The van der Waals surface area contributed by atoms with E-state index in [4.69, 9.17) is 5.73 Å². The summed E-state index contributed by atoms with van der Waals surface area (Å²) in [6.07, 6.45) is 2.63. The predicted octanol–water partition coefficient (Wildman–Crippen LogP) is 2.43. The number of nitrogens with two attached hydrogens (primary N) is 1. The minimum atomic E-state index is 0.270. The Morgan fingerprint density at radius 3 is 2.41 bits per heavy atom. The number of thioether (sulfide) groups is 2. The molecule has 0 amide bonds. The van der Waals surface area contributed by atoms with Crippen molar-refractivity contribution in [3.8, 4) is 0 Å². The first-order valence-corrected chi connectivity index (χ1v) is 8.80. The maximum Gasteiger partial charge on any atom is 0.0448 e. The molecule has 0 aliphatic carbocycles. The van der Waals surface area contributed by atoms with E-state index in [1.165, 1.54) is 31.7 Å². The number of hydrogen-bond acceptors (Lipinski definition) is 4. The van der Waals surface area contributed by atoms with Gasteiger partial charge in [0.15, 0.2) is 0 Å². The first kappa shape index (κ1) is 14.0. The van der Waals surface area contributed by atoms with E-state index in [1.807, 2.05) is 0 Å². The first-order chi connectivity index (χ1) is 8.08. The Labute approximate surface area is 114 Å². The van der Waals surface area contributed by atoms with E-state index in [0.717, 1.165) is 17.0 Å². The van der Waals surface area contributed by atoms with E-state index in [-0.39, 0.29) is 5.54 Å². The molecule has 4 heteroatoms. The zero-order valence-corrected chi connectivity index (χ0v) is 12.9. The van der Waals surface area contributed by atoms with Crippen LogP contribution < -0.4 is 5.73 Å². The van der Waals surface area contributed by atoms with E-state index in [1.54, 1.807) is 0 Å². The fraction of sp³-hybridized carbons (Fsp3) is 1.00. The maximum atomic E-state index is 6.19. The van der Waals surface area contributed by atoms with Crippen LogP contribution in [0.2, 0.25) is 0 Å². The molecule has 2 aliphatic rings. The maximum absolute atomic E-state index is 6.19. The van der Waals surface area contributed by atoms with Crippen LogP contribution in [0.25, 0.3) is 0 Å². The lowest BCUT2D eigenvalue weighted by atomic mass is 9.87. The molecular weight excluding hydrogens is 248 g/mol. The van der Waals surface area contributed by atoms with E-state index < -0.39 is 0 Å². The largest absolute Gasteiger partial charge is 0.329 e. The summed E-state index contributed by atoms with van der Waals surface area (Å²) in [5.41, 5.74) is 6.46. The standard InChI is InChI=1S/C13H26N2S2/c1-10-7-15(8-11(2)17-10)13(9-14)5-4-6-16-12(13)3/h10-12H,4-9,14H2,1-3H3. The third kappa shape index (κ3) is 2.80. The van der Waals surface area contributed by atoms with Crippen molar-refractivity contribution in [2.24, 2.45) is 5.73 Å². The summed E-state index contributed by atoms with van der Waals surface area (Å²) in [4.78, 5) is 2.72. The van der Waals surface area contributed by atoms with Gasteiger partial charge in [-0.1, -0.05) is 20.8 Å². The SMILES string of the molecule is CC1CN(C2(CN)CCCSC2C)CC(C)S1. The second kappa shape index (κ2) is 5.72. The minimum absolute atomic E-state index is 0.270. The number of rotatable bonds is 2. The summed E-state index contributed by atoms with van der Waals surface area (Å²) in [5.74, 6) is 1.32. The van der Waals surface area contributed by atoms with Crippen LogP contribution in [-0.4, -0.2) is 51.6 Å². The molecule has 4 unspecified atom stereocenters. The molecule has 0 radical (unpaired) electrons. The summed E-state index contributed by atoms with van der Waals surface area (Å²) in [5, 5.41) is 2.19. The molecule has 2 fully saturated rings. The summed E-state index contributed by atoms with van der Waals surface area (Å²) in [6, 6.07) is 0. The average Bonchev–Trinajstić information content (AvgIpc) is 2.28. The Balaban J connectivity index is 2.15. The molecule has 4 atom stereocenters. The molecule has 100 valence electrons. The summed E-state index contributed by atoms with van der Waals surface area (Å²) >= 11 is 4.25. The van der Waals surface area contributed by atoms with Gasteiger partial charge in [0.25, 0.3) is 0 Å². The van der Waals surface area contributed by atoms with Gasteiger partial charge in [0.1, 0.15) is 0 Å². The lowest BCUT2D eigenvalue weighted by Gasteiger charge is -2.53. The first-order valence-electron chi connectivity index (χ1n) is 6.80. The van der Waals surface area contributed by atoms with Gasteiger partial charge in [0.2, 0.25) is 0 Å². The van der Waals surface area contributed by atoms with Crippen molar-refractivity contribution >= 4 is 23.5 Å². The Kier molecular flexibility index (Phi) is 4.73. The van der Waals surface area contributed by atoms with Crippen molar-refractivity contribution in [1.82, 2.24) is 4.90 Å². The van der Waals surface area contributed by atoms with Crippen LogP contribution in [0, 0.1) is 0 Å². The minimum Gasteiger partial charge on any atom is -0.329 e. The quantitative estimate of drug-likeness (QED) is 0.837. The van der Waals surface area contributed by atoms with Gasteiger partial charge in [-0.05, 0) is 18.6 Å². The third-order valence-electron chi connectivity index (χ3n) is 4.28. The fourth-order valence-corrected chi connectivity index (χ4v) is 6.01. The number of hydrogen-bond donors (Lipinski definition) is 1. The zero-order chi connectivity index (χ0) is 12.5. The third-order valence-corrected chi connectivity index (χ3v) is 6.97. The van der Waals surface area contributed by atoms with Crippen molar-refractivity contribution in [2.75, 3.05) is 25.4 Å². The molecule has 2 N–H and O–H groups in total. The lowest BCUT2D eigenvalue weighted by molar-refractivity contribution is 0.0801. The van der Waals surface area contributed by atoms with Gasteiger partial charge in [0.05, 0.1) is 0 Å². The van der Waals surface area contributed by atoms with Gasteiger partial charge >= 0.3 is 0 Å². The Morgan fingerprint density at radius 2 is 1.88 bits per heavy atom. The van der Waals surface area contributed by atoms with Gasteiger partial charge in [-0.2, -0.15) is 23.5 Å². The molecule has 2 heterocycles. The second-order valence-electron chi connectivity index (χ2n) is 5.59. The highest BCUT2D eigenvalue weighted by molar-refractivity contribution is 8.00. The molecule has 17 heavy (non-hydrogen) atoms. The van der Waals surface area contributed by atoms with Crippen molar-refractivity contribution in [3.63, 3.8) is 0 Å². The van der Waals surface area contributed by atoms with Crippen LogP contribution in [0.4, 0.5) is 0 Å². The molecule has 0 aromatic heterocycles. The van der Waals surface area contributed by atoms with Gasteiger partial charge in [-0.25, -0.2) is 0 Å². The molecule has 2 aliphatic heterocycles. The van der Waals surface area contributed by atoms with Crippen LogP contribution in [0.15, 0.2) is 0 Å². The lowest BCUT2D eigenvalue weighted by Crippen LogP contribution is -2.64. The summed E-state index contributed by atoms with van der Waals surface area (Å²) in [6.45, 7) is 10.4. The van der Waals surface area contributed by atoms with Crippen molar-refractivity contribution in [3.05, 3.63) is 0 Å². The highest BCUT2D eigenvalue weighted by Gasteiger charge is 2.44. The van der Waals surface area contributed by atoms with Crippen LogP contribution in [0.1, 0.15) is 33.6 Å². The van der Waals surface area contributed by atoms with Crippen LogP contribution in [0.5, 0.6) is 0 Å². The molecular formula is C13H26N2S2. The zero-order valence-electron chi connectivity index (χ0n) is 11.3. The number of nitrogens with zero attached hydrogens (tertiary/aromatic N) is 1. The molecule has 0 aromatic carbocycles. The molecule has 2 saturated heterocycles. The smallest absolute Gasteiger partial charge is 0.0448 e. The molecule has 0 aromatic rings. The monoisotopic (exact) mass is 274 g/mol. The van der Waals surface area contributed by atoms with Crippen LogP contribution in [0.3, 0.4) is 0 Å². The van der Waals surface area contributed by atoms with Gasteiger partial charge in [0, 0.05) is 40.9 Å². The highest BCUT2D eigenvalue weighted by Crippen LogP contribution is 2.40. The second-order valence-corrected chi connectivity index (χ2v) is 8.92. The average molecular weight is 274 g/mol. The summed E-state index contributed by atoms with van der Waals surface area (Å²) < 4.78 is 0. The molecule has 0 saturated carbocycles. The topological polar surface area (TPSA) is 29.3 Å². The van der Waals surface area contributed by atoms with Crippen molar-refractivity contribution in [2.45, 2.75) is 54.9 Å². The van der Waals surface area contributed by atoms with Gasteiger partial charge in [-0.15, -0.1) is 0 Å². The van der Waals surface area contributed by atoms with Gasteiger partial charge in [-0.3, -0.25) is 4.90 Å². The van der Waals surface area contributed by atoms with Crippen molar-refractivity contribution in [1.29, 1.82) is 0 Å². The predicted molar refractivity (Wildman–Crippen MR) is 81.0 cm³/mol. The molecule has 0 spiro atoms. The fourth-order valence-electron chi connectivity index (χ4n) is 3.35. The Morgan fingerprint density at radius 1 is 1.24 bits per heavy atom. The van der Waals surface area contributed by atoms with Crippen LogP contribution >= 0.6 is 23.5 Å². The highest BCUT2D eigenvalue weighted by atomic mass is 32.2.